The maximum Gasteiger partial charge on any atom is 0.219 e. The first-order valence-corrected chi connectivity index (χ1v) is 6.75. The standard InChI is InChI=1S/C13H18N4OS/c1-10(18)16-6-3-7-17(9-8-16)13-11(12(14)19)4-2-5-15-13/h2,4-5H,3,6-9H2,1H3,(H2,14,19). The summed E-state index contributed by atoms with van der Waals surface area (Å²) in [5.41, 5.74) is 6.54. The van der Waals surface area contributed by atoms with Gasteiger partial charge in [0.25, 0.3) is 0 Å². The number of thiocarbonyl (C=S) groups is 1. The summed E-state index contributed by atoms with van der Waals surface area (Å²) in [6.45, 7) is 4.73. The first kappa shape index (κ1) is 13.7. The van der Waals surface area contributed by atoms with E-state index in [-0.39, 0.29) is 5.91 Å². The van der Waals surface area contributed by atoms with Crippen LogP contribution in [0.3, 0.4) is 0 Å². The smallest absolute Gasteiger partial charge is 0.219 e. The second-order valence-electron chi connectivity index (χ2n) is 4.59. The molecule has 1 aromatic rings. The molecule has 0 unspecified atom stereocenters. The number of carbonyl (C=O) groups is 1. The molecular formula is C13H18N4OS. The second-order valence-corrected chi connectivity index (χ2v) is 5.03. The van der Waals surface area contributed by atoms with Crippen LogP contribution in [-0.2, 0) is 4.79 Å². The summed E-state index contributed by atoms with van der Waals surface area (Å²) in [5, 5.41) is 0. The highest BCUT2D eigenvalue weighted by Gasteiger charge is 2.19. The van der Waals surface area contributed by atoms with Gasteiger partial charge < -0.3 is 15.5 Å². The van der Waals surface area contributed by atoms with Gasteiger partial charge in [0, 0.05) is 39.3 Å². The number of aromatic nitrogens is 1. The molecule has 0 aliphatic carbocycles. The van der Waals surface area contributed by atoms with E-state index in [1.54, 1.807) is 13.1 Å². The average Bonchev–Trinajstić information content (AvgIpc) is 2.64. The van der Waals surface area contributed by atoms with Crippen molar-refractivity contribution in [3.63, 3.8) is 0 Å². The molecule has 0 atom stereocenters. The van der Waals surface area contributed by atoms with Gasteiger partial charge in [-0.1, -0.05) is 12.2 Å². The van der Waals surface area contributed by atoms with E-state index in [2.05, 4.69) is 9.88 Å². The minimum Gasteiger partial charge on any atom is -0.389 e. The highest BCUT2D eigenvalue weighted by Crippen LogP contribution is 2.19. The van der Waals surface area contributed by atoms with Gasteiger partial charge in [-0.2, -0.15) is 0 Å². The highest BCUT2D eigenvalue weighted by atomic mass is 32.1. The van der Waals surface area contributed by atoms with E-state index in [1.165, 1.54) is 0 Å². The molecule has 5 nitrogen and oxygen atoms in total. The lowest BCUT2D eigenvalue weighted by Crippen LogP contribution is -2.34. The van der Waals surface area contributed by atoms with E-state index in [0.717, 1.165) is 37.4 Å². The second kappa shape index (κ2) is 5.97. The molecule has 1 saturated heterocycles. The summed E-state index contributed by atoms with van der Waals surface area (Å²) in [5.74, 6) is 0.942. The molecule has 2 rings (SSSR count). The van der Waals surface area contributed by atoms with Crippen LogP contribution in [0.2, 0.25) is 0 Å². The lowest BCUT2D eigenvalue weighted by molar-refractivity contribution is -0.128. The van der Waals surface area contributed by atoms with E-state index < -0.39 is 0 Å². The van der Waals surface area contributed by atoms with Gasteiger partial charge in [0.2, 0.25) is 5.91 Å². The SMILES string of the molecule is CC(=O)N1CCCN(c2ncccc2C(N)=S)CC1. The molecule has 1 aromatic heterocycles. The molecule has 0 radical (unpaired) electrons. The Morgan fingerprint density at radius 3 is 2.84 bits per heavy atom. The lowest BCUT2D eigenvalue weighted by atomic mass is 10.2. The van der Waals surface area contributed by atoms with Gasteiger partial charge in [-0.3, -0.25) is 4.79 Å². The molecule has 2 N–H and O–H groups in total. The van der Waals surface area contributed by atoms with Crippen LogP contribution in [0.15, 0.2) is 18.3 Å². The van der Waals surface area contributed by atoms with Crippen LogP contribution < -0.4 is 10.6 Å². The van der Waals surface area contributed by atoms with Gasteiger partial charge in [-0.25, -0.2) is 4.98 Å². The van der Waals surface area contributed by atoms with Crippen LogP contribution in [0.5, 0.6) is 0 Å². The number of hydrogen-bond acceptors (Lipinski definition) is 4. The Hall–Kier alpha value is -1.69. The zero-order chi connectivity index (χ0) is 13.8. The molecule has 6 heteroatoms. The minimum atomic E-state index is 0.123. The maximum absolute atomic E-state index is 11.4. The number of anilines is 1. The van der Waals surface area contributed by atoms with Crippen LogP contribution in [0.1, 0.15) is 18.9 Å². The summed E-state index contributed by atoms with van der Waals surface area (Å²) in [7, 11) is 0. The molecule has 0 spiro atoms. The van der Waals surface area contributed by atoms with Gasteiger partial charge in [0.05, 0.1) is 5.56 Å². The molecule has 19 heavy (non-hydrogen) atoms. The average molecular weight is 278 g/mol. The van der Waals surface area contributed by atoms with Crippen molar-refractivity contribution in [2.45, 2.75) is 13.3 Å². The summed E-state index contributed by atoms with van der Waals surface area (Å²) in [6.07, 6.45) is 2.66. The Bertz CT molecular complexity index is 491. The van der Waals surface area contributed by atoms with E-state index >= 15 is 0 Å². The number of rotatable bonds is 2. The van der Waals surface area contributed by atoms with Crippen LogP contribution in [0.25, 0.3) is 0 Å². The maximum atomic E-state index is 11.4. The summed E-state index contributed by atoms with van der Waals surface area (Å²) >= 11 is 5.06. The van der Waals surface area contributed by atoms with Gasteiger partial charge in [0.1, 0.15) is 10.8 Å². The molecular weight excluding hydrogens is 260 g/mol. The van der Waals surface area contributed by atoms with Crippen molar-refractivity contribution in [2.24, 2.45) is 5.73 Å². The zero-order valence-corrected chi connectivity index (χ0v) is 11.8. The molecule has 1 fully saturated rings. The fourth-order valence-corrected chi connectivity index (χ4v) is 2.44. The van der Waals surface area contributed by atoms with E-state index in [0.29, 0.717) is 11.5 Å². The van der Waals surface area contributed by atoms with Crippen LogP contribution in [0.4, 0.5) is 5.82 Å². The highest BCUT2D eigenvalue weighted by molar-refractivity contribution is 7.80. The number of amides is 1. The number of carbonyl (C=O) groups excluding carboxylic acids is 1. The Kier molecular flexibility index (Phi) is 4.31. The van der Waals surface area contributed by atoms with E-state index in [9.17, 15) is 4.79 Å². The van der Waals surface area contributed by atoms with Crippen molar-refractivity contribution in [2.75, 3.05) is 31.1 Å². The van der Waals surface area contributed by atoms with Crippen LogP contribution >= 0.6 is 12.2 Å². The first-order chi connectivity index (χ1) is 9.09. The Morgan fingerprint density at radius 1 is 1.37 bits per heavy atom. The first-order valence-electron chi connectivity index (χ1n) is 6.35. The van der Waals surface area contributed by atoms with E-state index in [1.807, 2.05) is 17.0 Å². The molecule has 1 aliphatic rings. The monoisotopic (exact) mass is 278 g/mol. The Morgan fingerprint density at radius 2 is 2.16 bits per heavy atom. The normalized spacial score (nSPS) is 16.1. The third kappa shape index (κ3) is 3.20. The molecule has 0 aromatic carbocycles. The van der Waals surface area contributed by atoms with Gasteiger partial charge in [-0.05, 0) is 18.6 Å². The predicted octanol–water partition coefficient (Wildman–Crippen LogP) is 0.774. The van der Waals surface area contributed by atoms with Crippen LogP contribution in [-0.4, -0.2) is 47.0 Å². The van der Waals surface area contributed by atoms with Crippen molar-refractivity contribution < 1.29 is 4.79 Å². The fraction of sp³-hybridized carbons (Fsp3) is 0.462. The van der Waals surface area contributed by atoms with Crippen molar-refractivity contribution in [1.82, 2.24) is 9.88 Å². The Balaban J connectivity index is 2.19. The third-order valence-electron chi connectivity index (χ3n) is 3.29. The lowest BCUT2D eigenvalue weighted by Gasteiger charge is -2.24. The van der Waals surface area contributed by atoms with Crippen LogP contribution in [0, 0.1) is 0 Å². The summed E-state index contributed by atoms with van der Waals surface area (Å²) < 4.78 is 0. The predicted molar refractivity (Wildman–Crippen MR) is 79.2 cm³/mol. The topological polar surface area (TPSA) is 62.5 Å². The quantitative estimate of drug-likeness (QED) is 0.810. The number of pyridine rings is 1. The molecule has 1 amide bonds. The fourth-order valence-electron chi connectivity index (χ4n) is 2.29. The molecule has 0 bridgehead atoms. The van der Waals surface area contributed by atoms with Crippen molar-refractivity contribution in [1.29, 1.82) is 0 Å². The number of hydrogen-bond donors (Lipinski definition) is 1. The van der Waals surface area contributed by atoms with Gasteiger partial charge >= 0.3 is 0 Å². The number of nitrogens with zero attached hydrogens (tertiary/aromatic N) is 3. The molecule has 2 heterocycles. The zero-order valence-electron chi connectivity index (χ0n) is 11.0. The summed E-state index contributed by atoms with van der Waals surface area (Å²) in [4.78, 5) is 20.2. The van der Waals surface area contributed by atoms with Crippen molar-refractivity contribution in [3.05, 3.63) is 23.9 Å². The van der Waals surface area contributed by atoms with Crippen molar-refractivity contribution >= 4 is 28.9 Å². The van der Waals surface area contributed by atoms with Gasteiger partial charge in [0.15, 0.2) is 0 Å². The summed E-state index contributed by atoms with van der Waals surface area (Å²) in [6, 6.07) is 3.72. The van der Waals surface area contributed by atoms with Gasteiger partial charge in [-0.15, -0.1) is 0 Å². The molecule has 1 aliphatic heterocycles. The molecule has 102 valence electrons. The molecule has 0 saturated carbocycles. The van der Waals surface area contributed by atoms with Crippen molar-refractivity contribution in [3.8, 4) is 0 Å². The van der Waals surface area contributed by atoms with E-state index in [4.69, 9.17) is 18.0 Å². The minimum absolute atomic E-state index is 0.123. The third-order valence-corrected chi connectivity index (χ3v) is 3.51. The largest absolute Gasteiger partial charge is 0.389 e. The Labute approximate surface area is 118 Å². The number of nitrogens with two attached hydrogens (primary N) is 1.